The Morgan fingerprint density at radius 2 is 1.67 bits per heavy atom. The number of nitrogens with zero attached hydrogens (tertiary/aromatic N) is 6. The highest BCUT2D eigenvalue weighted by Crippen LogP contribution is 2.30. The number of hydrazone groups is 1. The number of nitrogens with two attached hydrogens (primary N) is 1. The number of para-hydroxylation sites is 1. The molecule has 2 heterocycles. The molecule has 3 aromatic carbocycles. The van der Waals surface area contributed by atoms with Crippen molar-refractivity contribution < 1.29 is 9.53 Å². The number of nitrogens with one attached hydrogen (secondary N) is 2. The van der Waals surface area contributed by atoms with Crippen LogP contribution in [0.1, 0.15) is 16.7 Å². The van der Waals surface area contributed by atoms with E-state index in [1.165, 1.54) is 27.8 Å². The molecule has 16 heteroatoms. The van der Waals surface area contributed by atoms with E-state index in [0.29, 0.717) is 38.4 Å². The van der Waals surface area contributed by atoms with Gasteiger partial charge in [-0.1, -0.05) is 107 Å². The standard InChI is InChI=1S/C27H23Cl2N9O2S3/c28-20-10-4-1-8-18(20)14-40-22-12-6-3-7-17(22)13-31-33-24-34-36-26(38(24)30)41-16-23(39)32-25-35-37-27(43-25)42-15-19-9-2-5-11-21(19)29/h1-13H,14-16,30H2,(H,33,34)(H,32,35,39)/b31-13+. The van der Waals surface area contributed by atoms with Crippen molar-refractivity contribution in [2.75, 3.05) is 22.3 Å². The Morgan fingerprint density at radius 1 is 0.953 bits per heavy atom. The highest BCUT2D eigenvalue weighted by Gasteiger charge is 2.14. The third-order valence-electron chi connectivity index (χ3n) is 5.59. The van der Waals surface area contributed by atoms with Gasteiger partial charge >= 0.3 is 0 Å². The van der Waals surface area contributed by atoms with Crippen molar-refractivity contribution in [3.8, 4) is 5.75 Å². The van der Waals surface area contributed by atoms with Gasteiger partial charge in [0.05, 0.1) is 12.0 Å². The van der Waals surface area contributed by atoms with Crippen LogP contribution in [0.3, 0.4) is 0 Å². The van der Waals surface area contributed by atoms with E-state index in [4.69, 9.17) is 33.8 Å². The van der Waals surface area contributed by atoms with E-state index < -0.39 is 0 Å². The van der Waals surface area contributed by atoms with Crippen molar-refractivity contribution in [1.82, 2.24) is 25.1 Å². The lowest BCUT2D eigenvalue weighted by molar-refractivity contribution is -0.113. The second kappa shape index (κ2) is 15.1. The van der Waals surface area contributed by atoms with Gasteiger partial charge in [0.1, 0.15) is 12.4 Å². The minimum Gasteiger partial charge on any atom is -0.488 e. The highest BCUT2D eigenvalue weighted by molar-refractivity contribution is 8.00. The van der Waals surface area contributed by atoms with Gasteiger partial charge in [-0.05, 0) is 29.8 Å². The maximum Gasteiger partial charge on any atom is 0.264 e. The smallest absolute Gasteiger partial charge is 0.264 e. The van der Waals surface area contributed by atoms with Gasteiger partial charge in [-0.2, -0.15) is 5.10 Å². The van der Waals surface area contributed by atoms with Crippen LogP contribution >= 0.6 is 58.1 Å². The van der Waals surface area contributed by atoms with Crippen molar-refractivity contribution >= 4 is 81.3 Å². The van der Waals surface area contributed by atoms with Crippen LogP contribution in [-0.2, 0) is 17.2 Å². The first-order valence-corrected chi connectivity index (χ1v) is 16.1. The summed E-state index contributed by atoms with van der Waals surface area (Å²) in [5.41, 5.74) is 5.38. The minimum atomic E-state index is -0.285. The Kier molecular flexibility index (Phi) is 10.7. The molecule has 5 aromatic rings. The number of hydrogen-bond donors (Lipinski definition) is 3. The molecule has 0 aliphatic heterocycles. The van der Waals surface area contributed by atoms with E-state index in [-0.39, 0.29) is 17.6 Å². The number of carbonyl (C=O) groups excluding carboxylic acids is 1. The number of ether oxygens (including phenoxy) is 1. The number of nitrogen functional groups attached to an aromatic ring is 1. The van der Waals surface area contributed by atoms with Gasteiger partial charge in [0.2, 0.25) is 16.2 Å². The molecular formula is C27H23Cl2N9O2S3. The molecule has 0 saturated carbocycles. The first-order chi connectivity index (χ1) is 21.0. The van der Waals surface area contributed by atoms with Gasteiger partial charge in [0.15, 0.2) is 4.34 Å². The SMILES string of the molecule is Nn1c(N/N=C/c2ccccc2OCc2ccccc2Cl)nnc1SCC(=O)Nc1nnc(SCc2ccccc2Cl)s1. The summed E-state index contributed by atoms with van der Waals surface area (Å²) in [4.78, 5) is 12.5. The van der Waals surface area contributed by atoms with Crippen LogP contribution in [0.25, 0.3) is 0 Å². The fourth-order valence-electron chi connectivity index (χ4n) is 3.46. The van der Waals surface area contributed by atoms with Crippen LogP contribution < -0.4 is 21.3 Å². The number of carbonyl (C=O) groups is 1. The van der Waals surface area contributed by atoms with Crippen LogP contribution in [0.4, 0.5) is 11.1 Å². The molecule has 11 nitrogen and oxygen atoms in total. The molecular weight excluding hydrogens is 649 g/mol. The summed E-state index contributed by atoms with van der Waals surface area (Å²) in [5, 5.41) is 25.2. The molecule has 4 N–H and O–H groups in total. The fraction of sp³-hybridized carbons (Fsp3) is 0.111. The van der Waals surface area contributed by atoms with E-state index in [0.717, 1.165) is 32.8 Å². The third kappa shape index (κ3) is 8.61. The lowest BCUT2D eigenvalue weighted by Gasteiger charge is -2.10. The van der Waals surface area contributed by atoms with E-state index in [9.17, 15) is 4.79 Å². The van der Waals surface area contributed by atoms with Crippen molar-refractivity contribution in [1.29, 1.82) is 0 Å². The van der Waals surface area contributed by atoms with E-state index >= 15 is 0 Å². The average molecular weight is 673 g/mol. The number of anilines is 2. The molecule has 1 amide bonds. The topological polar surface area (TPSA) is 145 Å². The lowest BCUT2D eigenvalue weighted by Crippen LogP contribution is -2.16. The summed E-state index contributed by atoms with van der Waals surface area (Å²) in [5.74, 6) is 7.33. The molecule has 0 spiro atoms. The van der Waals surface area contributed by atoms with Crippen LogP contribution in [0.5, 0.6) is 5.75 Å². The van der Waals surface area contributed by atoms with Gasteiger partial charge in [-0.3, -0.25) is 10.1 Å². The van der Waals surface area contributed by atoms with Crippen molar-refractivity contribution in [2.24, 2.45) is 5.10 Å². The molecule has 2 aromatic heterocycles. The molecule has 0 bridgehead atoms. The molecule has 0 aliphatic rings. The quantitative estimate of drug-likeness (QED) is 0.0435. The number of amides is 1. The molecule has 0 fully saturated rings. The van der Waals surface area contributed by atoms with Gasteiger partial charge in [0, 0.05) is 26.9 Å². The predicted octanol–water partition coefficient (Wildman–Crippen LogP) is 6.20. The predicted molar refractivity (Wildman–Crippen MR) is 174 cm³/mol. The van der Waals surface area contributed by atoms with Crippen molar-refractivity contribution in [3.63, 3.8) is 0 Å². The summed E-state index contributed by atoms with van der Waals surface area (Å²) in [6.45, 7) is 0.312. The summed E-state index contributed by atoms with van der Waals surface area (Å²) >= 11 is 16.3. The Morgan fingerprint density at radius 3 is 2.47 bits per heavy atom. The van der Waals surface area contributed by atoms with E-state index in [2.05, 4.69) is 36.2 Å². The summed E-state index contributed by atoms with van der Waals surface area (Å²) in [6, 6.07) is 22.6. The van der Waals surface area contributed by atoms with E-state index in [1.807, 2.05) is 72.8 Å². The van der Waals surface area contributed by atoms with Gasteiger partial charge in [-0.25, -0.2) is 10.1 Å². The normalized spacial score (nSPS) is 11.1. The third-order valence-corrected chi connectivity index (χ3v) is 9.29. The van der Waals surface area contributed by atoms with Crippen LogP contribution in [0.15, 0.2) is 87.4 Å². The molecule has 0 atom stereocenters. The largest absolute Gasteiger partial charge is 0.488 e. The number of aromatic nitrogens is 5. The maximum absolute atomic E-state index is 12.5. The Hall–Kier alpha value is -3.82. The number of rotatable bonds is 13. The fourth-order valence-corrected chi connectivity index (χ4v) is 6.36. The van der Waals surface area contributed by atoms with Crippen LogP contribution in [0, 0.1) is 0 Å². The maximum atomic E-state index is 12.5. The Bertz CT molecular complexity index is 1730. The summed E-state index contributed by atoms with van der Waals surface area (Å²) in [6.07, 6.45) is 1.58. The molecule has 5 rings (SSSR count). The molecule has 0 unspecified atom stereocenters. The Balaban J connectivity index is 1.09. The average Bonchev–Trinajstić information content (AvgIpc) is 3.61. The first-order valence-electron chi connectivity index (χ1n) is 12.5. The van der Waals surface area contributed by atoms with Crippen LogP contribution in [0.2, 0.25) is 10.0 Å². The minimum absolute atomic E-state index is 0.0381. The molecule has 0 aliphatic carbocycles. The highest BCUT2D eigenvalue weighted by atomic mass is 35.5. The van der Waals surface area contributed by atoms with Crippen LogP contribution in [-0.4, -0.2) is 42.9 Å². The lowest BCUT2D eigenvalue weighted by atomic mass is 10.2. The molecule has 0 saturated heterocycles. The number of hydrogen-bond acceptors (Lipinski definition) is 12. The monoisotopic (exact) mass is 671 g/mol. The van der Waals surface area contributed by atoms with Crippen molar-refractivity contribution in [2.45, 2.75) is 21.9 Å². The molecule has 0 radical (unpaired) electrons. The first kappa shape index (κ1) is 30.6. The van der Waals surface area contributed by atoms with Gasteiger partial charge < -0.3 is 10.6 Å². The Labute approximate surface area is 269 Å². The zero-order chi connectivity index (χ0) is 30.0. The molecule has 43 heavy (non-hydrogen) atoms. The number of halogens is 2. The van der Waals surface area contributed by atoms with Crippen molar-refractivity contribution in [3.05, 3.63) is 99.5 Å². The zero-order valence-electron chi connectivity index (χ0n) is 22.2. The number of benzene rings is 3. The second-order valence-corrected chi connectivity index (χ2v) is 12.5. The summed E-state index contributed by atoms with van der Waals surface area (Å²) < 4.78 is 7.88. The number of thioether (sulfide) groups is 2. The molecule has 220 valence electrons. The van der Waals surface area contributed by atoms with E-state index in [1.54, 1.807) is 6.21 Å². The zero-order valence-corrected chi connectivity index (χ0v) is 26.1. The summed E-state index contributed by atoms with van der Waals surface area (Å²) in [7, 11) is 0. The second-order valence-electron chi connectivity index (χ2n) is 8.55. The van der Waals surface area contributed by atoms with Gasteiger partial charge in [0.25, 0.3) is 5.95 Å². The van der Waals surface area contributed by atoms with Gasteiger partial charge in [-0.15, -0.1) is 20.4 Å².